The highest BCUT2D eigenvalue weighted by Gasteiger charge is 2.17. The first kappa shape index (κ1) is 20.7. The van der Waals surface area contributed by atoms with E-state index < -0.39 is 11.6 Å². The first-order valence-corrected chi connectivity index (χ1v) is 10.6. The van der Waals surface area contributed by atoms with E-state index in [1.807, 2.05) is 34.9 Å². The molecule has 0 unspecified atom stereocenters. The molecule has 0 spiro atoms. The molecule has 1 aromatic heterocycles. The molecule has 0 N–H and O–H groups in total. The number of piperazine rings is 1. The van der Waals surface area contributed by atoms with E-state index in [1.165, 1.54) is 12.1 Å². The summed E-state index contributed by atoms with van der Waals surface area (Å²) in [6.07, 6.45) is 2.00. The topological polar surface area (TPSA) is 28.5 Å². The maximum Gasteiger partial charge on any atom is 0.251 e. The minimum atomic E-state index is -0.797. The summed E-state index contributed by atoms with van der Waals surface area (Å²) in [6.45, 7) is 6.17. The summed E-state index contributed by atoms with van der Waals surface area (Å²) in [5.41, 5.74) is 1.86. The Hall–Kier alpha value is -2.57. The number of rotatable bonds is 7. The van der Waals surface area contributed by atoms with Crippen LogP contribution in [0.1, 0.15) is 18.4 Å². The lowest BCUT2D eigenvalue weighted by atomic mass is 10.1. The first-order chi connectivity index (χ1) is 14.6. The summed E-state index contributed by atoms with van der Waals surface area (Å²) < 4.78 is 28.3. The molecule has 4 nitrogen and oxygen atoms in total. The van der Waals surface area contributed by atoms with Gasteiger partial charge in [-0.15, -0.1) is 0 Å². The fourth-order valence-electron chi connectivity index (χ4n) is 4.15. The highest BCUT2D eigenvalue weighted by Crippen LogP contribution is 2.14. The van der Waals surface area contributed by atoms with Crippen LogP contribution in [0.4, 0.5) is 8.78 Å². The zero-order valence-corrected chi connectivity index (χ0v) is 17.1. The van der Waals surface area contributed by atoms with E-state index in [-0.39, 0.29) is 5.56 Å². The Labute approximate surface area is 175 Å². The number of benzene rings is 2. The summed E-state index contributed by atoms with van der Waals surface area (Å²) >= 11 is 0. The van der Waals surface area contributed by atoms with Crippen molar-refractivity contribution >= 4 is 10.9 Å². The van der Waals surface area contributed by atoms with Crippen molar-refractivity contribution in [2.75, 3.05) is 32.7 Å². The molecule has 1 fully saturated rings. The average Bonchev–Trinajstić information content (AvgIpc) is 2.76. The van der Waals surface area contributed by atoms with Gasteiger partial charge in [-0.1, -0.05) is 24.3 Å². The molecular weight excluding hydrogens is 384 g/mol. The molecule has 3 aromatic rings. The van der Waals surface area contributed by atoms with E-state index in [0.717, 1.165) is 68.6 Å². The Bertz CT molecular complexity index is 1060. The third-order valence-corrected chi connectivity index (χ3v) is 5.86. The molecule has 6 heteroatoms. The van der Waals surface area contributed by atoms with Crippen LogP contribution in [0.2, 0.25) is 0 Å². The summed E-state index contributed by atoms with van der Waals surface area (Å²) in [5.74, 6) is -1.58. The number of aryl methyl sites for hydroxylation is 1. The van der Waals surface area contributed by atoms with Gasteiger partial charge >= 0.3 is 0 Å². The van der Waals surface area contributed by atoms with Crippen LogP contribution in [0.25, 0.3) is 10.9 Å². The monoisotopic (exact) mass is 411 g/mol. The molecule has 4 rings (SSSR count). The molecule has 0 radical (unpaired) electrons. The standard InChI is InChI=1S/C24H27F2N3O/c25-21-9-7-19(17-22(21)26)18-28-15-13-27(14-16-28)11-3-4-12-29-23-6-2-1-5-20(23)8-10-24(29)30/h1-2,5-10,17H,3-4,11-16,18H2. The van der Waals surface area contributed by atoms with E-state index in [9.17, 15) is 13.6 Å². The van der Waals surface area contributed by atoms with Gasteiger partial charge in [0.25, 0.3) is 5.56 Å². The lowest BCUT2D eigenvalue weighted by Gasteiger charge is -2.34. The van der Waals surface area contributed by atoms with Crippen molar-refractivity contribution in [3.05, 3.63) is 82.1 Å². The van der Waals surface area contributed by atoms with E-state index in [2.05, 4.69) is 9.80 Å². The van der Waals surface area contributed by atoms with Gasteiger partial charge in [-0.05, 0) is 54.6 Å². The highest BCUT2D eigenvalue weighted by molar-refractivity contribution is 5.78. The molecule has 1 aliphatic rings. The molecule has 0 atom stereocenters. The van der Waals surface area contributed by atoms with Crippen LogP contribution in [0.3, 0.4) is 0 Å². The number of pyridine rings is 1. The van der Waals surface area contributed by atoms with E-state index in [1.54, 1.807) is 12.1 Å². The maximum atomic E-state index is 13.4. The molecule has 158 valence electrons. The van der Waals surface area contributed by atoms with E-state index in [4.69, 9.17) is 0 Å². The number of aromatic nitrogens is 1. The number of hydrogen-bond donors (Lipinski definition) is 0. The molecule has 2 heterocycles. The van der Waals surface area contributed by atoms with Crippen LogP contribution in [0, 0.1) is 11.6 Å². The number of halogens is 2. The summed E-state index contributed by atoms with van der Waals surface area (Å²) in [4.78, 5) is 17.0. The first-order valence-electron chi connectivity index (χ1n) is 10.6. The Morgan fingerprint density at radius 1 is 0.767 bits per heavy atom. The zero-order valence-electron chi connectivity index (χ0n) is 17.1. The minimum Gasteiger partial charge on any atom is -0.308 e. The van der Waals surface area contributed by atoms with Gasteiger partial charge in [0.05, 0.1) is 5.52 Å². The smallest absolute Gasteiger partial charge is 0.251 e. The molecule has 0 saturated carbocycles. The van der Waals surface area contributed by atoms with Crippen LogP contribution < -0.4 is 5.56 Å². The Balaban J connectivity index is 1.22. The van der Waals surface area contributed by atoms with Gasteiger partial charge in [0.2, 0.25) is 0 Å². The Kier molecular flexibility index (Phi) is 6.55. The van der Waals surface area contributed by atoms with Crippen molar-refractivity contribution in [2.45, 2.75) is 25.9 Å². The average molecular weight is 411 g/mol. The van der Waals surface area contributed by atoms with Crippen molar-refractivity contribution < 1.29 is 8.78 Å². The summed E-state index contributed by atoms with van der Waals surface area (Å²) in [5, 5.41) is 1.09. The normalized spacial score (nSPS) is 15.7. The third kappa shape index (κ3) is 4.94. The van der Waals surface area contributed by atoms with Gasteiger partial charge in [0.15, 0.2) is 11.6 Å². The van der Waals surface area contributed by atoms with Crippen molar-refractivity contribution in [2.24, 2.45) is 0 Å². The van der Waals surface area contributed by atoms with Crippen LogP contribution in [-0.2, 0) is 13.1 Å². The number of hydrogen-bond acceptors (Lipinski definition) is 3. The van der Waals surface area contributed by atoms with Crippen molar-refractivity contribution in [3.63, 3.8) is 0 Å². The lowest BCUT2D eigenvalue weighted by Crippen LogP contribution is -2.46. The fourth-order valence-corrected chi connectivity index (χ4v) is 4.15. The van der Waals surface area contributed by atoms with Crippen molar-refractivity contribution in [3.8, 4) is 0 Å². The van der Waals surface area contributed by atoms with Gasteiger partial charge in [-0.3, -0.25) is 9.69 Å². The highest BCUT2D eigenvalue weighted by atomic mass is 19.2. The number of unbranched alkanes of at least 4 members (excludes halogenated alkanes) is 1. The Morgan fingerprint density at radius 3 is 2.30 bits per heavy atom. The molecule has 0 aliphatic carbocycles. The zero-order chi connectivity index (χ0) is 20.9. The second-order valence-electron chi connectivity index (χ2n) is 7.96. The molecule has 2 aromatic carbocycles. The largest absolute Gasteiger partial charge is 0.308 e. The lowest BCUT2D eigenvalue weighted by molar-refractivity contribution is 0.125. The summed E-state index contributed by atoms with van der Waals surface area (Å²) in [7, 11) is 0. The summed E-state index contributed by atoms with van der Waals surface area (Å²) in [6, 6.07) is 15.7. The van der Waals surface area contributed by atoms with Gasteiger partial charge < -0.3 is 9.47 Å². The number of para-hydroxylation sites is 1. The van der Waals surface area contributed by atoms with E-state index >= 15 is 0 Å². The number of nitrogens with zero attached hydrogens (tertiary/aromatic N) is 3. The van der Waals surface area contributed by atoms with Crippen LogP contribution in [-0.4, -0.2) is 47.1 Å². The SMILES string of the molecule is O=c1ccc2ccccc2n1CCCCN1CCN(Cc2ccc(F)c(F)c2)CC1. The second-order valence-corrected chi connectivity index (χ2v) is 7.96. The quantitative estimate of drug-likeness (QED) is 0.553. The van der Waals surface area contributed by atoms with E-state index in [0.29, 0.717) is 6.54 Å². The van der Waals surface area contributed by atoms with Gasteiger partial charge in [-0.2, -0.15) is 0 Å². The fraction of sp³-hybridized carbons (Fsp3) is 0.375. The van der Waals surface area contributed by atoms with Crippen LogP contribution >= 0.6 is 0 Å². The Morgan fingerprint density at radius 2 is 1.50 bits per heavy atom. The molecule has 30 heavy (non-hydrogen) atoms. The number of fused-ring (bicyclic) bond motifs is 1. The van der Waals surface area contributed by atoms with Crippen molar-refractivity contribution in [1.29, 1.82) is 0 Å². The molecular formula is C24H27F2N3O. The van der Waals surface area contributed by atoms with Crippen LogP contribution in [0.15, 0.2) is 59.4 Å². The van der Waals surface area contributed by atoms with Gasteiger partial charge in [0, 0.05) is 45.3 Å². The van der Waals surface area contributed by atoms with Crippen molar-refractivity contribution in [1.82, 2.24) is 14.4 Å². The van der Waals surface area contributed by atoms with Gasteiger partial charge in [-0.25, -0.2) is 8.78 Å². The minimum absolute atomic E-state index is 0.0551. The molecule has 0 bridgehead atoms. The third-order valence-electron chi connectivity index (χ3n) is 5.86. The predicted molar refractivity (Wildman–Crippen MR) is 116 cm³/mol. The van der Waals surface area contributed by atoms with Crippen LogP contribution in [0.5, 0.6) is 0 Å². The molecule has 1 saturated heterocycles. The maximum absolute atomic E-state index is 13.4. The second kappa shape index (κ2) is 9.49. The van der Waals surface area contributed by atoms with Gasteiger partial charge in [0.1, 0.15) is 0 Å². The molecule has 0 amide bonds. The molecule has 1 aliphatic heterocycles. The predicted octanol–water partition coefficient (Wildman–Crippen LogP) is 3.88.